The maximum atomic E-state index is 4.78. The number of rotatable bonds is 2. The van der Waals surface area contributed by atoms with Crippen LogP contribution in [-0.4, -0.2) is 24.1 Å². The summed E-state index contributed by atoms with van der Waals surface area (Å²) < 4.78 is 0. The number of hydrogen-bond donors (Lipinski definition) is 0. The highest BCUT2D eigenvalue weighted by molar-refractivity contribution is 5.16. The summed E-state index contributed by atoms with van der Waals surface area (Å²) in [4.78, 5) is 0. The van der Waals surface area contributed by atoms with Gasteiger partial charge in [-0.15, -0.1) is 0 Å². The van der Waals surface area contributed by atoms with Crippen LogP contribution in [0.25, 0.3) is 0 Å². The van der Waals surface area contributed by atoms with E-state index < -0.39 is 0 Å². The van der Waals surface area contributed by atoms with Gasteiger partial charge in [-0.05, 0) is 30.7 Å². The molecule has 1 unspecified atom stereocenters. The Labute approximate surface area is 91.3 Å². The number of piperidine rings is 1. The molecule has 2 heteroatoms. The van der Waals surface area contributed by atoms with Gasteiger partial charge in [0.25, 0.3) is 0 Å². The summed E-state index contributed by atoms with van der Waals surface area (Å²) in [5.41, 5.74) is 6.21. The summed E-state index contributed by atoms with van der Waals surface area (Å²) >= 11 is 0. The third-order valence-corrected chi connectivity index (χ3v) is 3.66. The van der Waals surface area contributed by atoms with E-state index in [1.807, 2.05) is 0 Å². The zero-order valence-electron chi connectivity index (χ0n) is 8.97. The molecule has 0 N–H and O–H groups in total. The highest BCUT2D eigenvalue weighted by atomic mass is 15.5. The first-order chi connectivity index (χ1) is 7.42. The van der Waals surface area contributed by atoms with E-state index in [0.717, 1.165) is 12.3 Å². The third kappa shape index (κ3) is 1.92. The summed E-state index contributed by atoms with van der Waals surface area (Å²) in [6, 6.07) is 11.3. The van der Waals surface area contributed by atoms with Gasteiger partial charge in [0.2, 0.25) is 0 Å². The van der Waals surface area contributed by atoms with E-state index in [1.165, 1.54) is 31.5 Å². The van der Waals surface area contributed by atoms with E-state index in [1.54, 1.807) is 0 Å². The van der Waals surface area contributed by atoms with E-state index in [-0.39, 0.29) is 0 Å². The molecule has 0 amide bonds. The van der Waals surface area contributed by atoms with Crippen molar-refractivity contribution in [2.24, 2.45) is 5.92 Å². The Hall–Kier alpha value is -0.860. The van der Waals surface area contributed by atoms with Gasteiger partial charge in [-0.1, -0.05) is 30.3 Å². The van der Waals surface area contributed by atoms with Crippen molar-refractivity contribution in [2.45, 2.75) is 25.3 Å². The van der Waals surface area contributed by atoms with Gasteiger partial charge in [-0.3, -0.25) is 0 Å². The summed E-state index contributed by atoms with van der Waals surface area (Å²) in [5, 5.41) is 2.27. The van der Waals surface area contributed by atoms with Crippen LogP contribution in [0.2, 0.25) is 0 Å². The van der Waals surface area contributed by atoms with Crippen LogP contribution >= 0.6 is 0 Å². The Bertz CT molecular complexity index is 315. The summed E-state index contributed by atoms with van der Waals surface area (Å²) in [6.45, 7) is 2.38. The molecule has 3 saturated heterocycles. The zero-order chi connectivity index (χ0) is 10.1. The maximum absolute atomic E-state index is 4.78. The minimum absolute atomic E-state index is 0.551. The molecule has 2 bridgehead atoms. The summed E-state index contributed by atoms with van der Waals surface area (Å²) in [5.74, 6) is 0.843. The minimum Gasteiger partial charge on any atom is -0.227 e. The fraction of sp³-hybridized carbons (Fsp3) is 0.538. The van der Waals surface area contributed by atoms with Crippen molar-refractivity contribution in [1.29, 1.82) is 0 Å². The average Bonchev–Trinajstić information content (AvgIpc) is 2.32. The molecule has 1 aromatic rings. The van der Waals surface area contributed by atoms with E-state index in [4.69, 9.17) is 5.43 Å². The molecule has 3 heterocycles. The third-order valence-electron chi connectivity index (χ3n) is 3.66. The maximum Gasteiger partial charge on any atom is 0.0488 e. The predicted octanol–water partition coefficient (Wildman–Crippen LogP) is 1.84. The lowest BCUT2D eigenvalue weighted by Crippen LogP contribution is -2.55. The molecule has 1 aromatic carbocycles. The van der Waals surface area contributed by atoms with Crippen molar-refractivity contribution >= 4 is 0 Å². The van der Waals surface area contributed by atoms with Gasteiger partial charge in [0.1, 0.15) is 0 Å². The zero-order valence-corrected chi connectivity index (χ0v) is 8.97. The highest BCUT2D eigenvalue weighted by Gasteiger charge is 2.34. The second kappa shape index (κ2) is 3.95. The van der Waals surface area contributed by atoms with E-state index in [9.17, 15) is 0 Å². The lowest BCUT2D eigenvalue weighted by Gasteiger charge is -2.43. The van der Waals surface area contributed by atoms with Crippen LogP contribution in [0.5, 0.6) is 0 Å². The summed E-state index contributed by atoms with van der Waals surface area (Å²) in [6.07, 6.45) is 3.82. The van der Waals surface area contributed by atoms with Crippen molar-refractivity contribution in [3.63, 3.8) is 0 Å². The Morgan fingerprint density at radius 1 is 1.13 bits per heavy atom. The SMILES string of the molecule is c1ccc(CC2[N]N3CCC2CC3)cc1. The largest absolute Gasteiger partial charge is 0.227 e. The van der Waals surface area contributed by atoms with E-state index in [0.29, 0.717) is 6.04 Å². The molecule has 2 nitrogen and oxygen atoms in total. The molecule has 79 valence electrons. The Balaban J connectivity index is 1.69. The molecule has 1 radical (unpaired) electrons. The van der Waals surface area contributed by atoms with Gasteiger partial charge >= 0.3 is 0 Å². The van der Waals surface area contributed by atoms with Crippen molar-refractivity contribution in [1.82, 2.24) is 10.4 Å². The molecule has 0 saturated carbocycles. The van der Waals surface area contributed by atoms with E-state index in [2.05, 4.69) is 35.3 Å². The molecule has 3 aliphatic heterocycles. The smallest absolute Gasteiger partial charge is 0.0488 e. The molecule has 0 aromatic heterocycles. The molecule has 0 aliphatic carbocycles. The van der Waals surface area contributed by atoms with Crippen molar-refractivity contribution < 1.29 is 0 Å². The van der Waals surface area contributed by atoms with Gasteiger partial charge in [0, 0.05) is 19.1 Å². The Morgan fingerprint density at radius 2 is 1.87 bits per heavy atom. The molecular formula is C13H17N2. The monoisotopic (exact) mass is 201 g/mol. The molecule has 3 fully saturated rings. The van der Waals surface area contributed by atoms with Crippen LogP contribution in [0.15, 0.2) is 30.3 Å². The fourth-order valence-electron chi connectivity index (χ4n) is 2.75. The normalized spacial score (nSPS) is 34.3. The molecule has 4 rings (SSSR count). The predicted molar refractivity (Wildman–Crippen MR) is 60.4 cm³/mol. The Kier molecular flexibility index (Phi) is 2.47. The summed E-state index contributed by atoms with van der Waals surface area (Å²) in [7, 11) is 0. The lowest BCUT2D eigenvalue weighted by atomic mass is 9.84. The average molecular weight is 201 g/mol. The standard InChI is InChI=1S/C13H17N2/c1-2-4-11(5-3-1)10-13-12-6-8-15(14-13)9-7-12/h1-5,12-13H,6-10H2. The first kappa shape index (κ1) is 9.37. The first-order valence-corrected chi connectivity index (χ1v) is 5.91. The fourth-order valence-corrected chi connectivity index (χ4v) is 2.75. The number of nitrogens with zero attached hydrogens (tertiary/aromatic N) is 2. The van der Waals surface area contributed by atoms with Crippen LogP contribution < -0.4 is 5.43 Å². The first-order valence-electron chi connectivity index (χ1n) is 5.91. The second-order valence-electron chi connectivity index (χ2n) is 4.66. The number of fused-ring (bicyclic) bond motifs is 3. The van der Waals surface area contributed by atoms with Gasteiger partial charge in [-0.25, -0.2) is 5.01 Å². The van der Waals surface area contributed by atoms with E-state index >= 15 is 0 Å². The van der Waals surface area contributed by atoms with Crippen molar-refractivity contribution in [2.75, 3.05) is 13.1 Å². The van der Waals surface area contributed by atoms with Crippen LogP contribution in [0.3, 0.4) is 0 Å². The molecular weight excluding hydrogens is 184 g/mol. The van der Waals surface area contributed by atoms with Gasteiger partial charge in [0.05, 0.1) is 0 Å². The lowest BCUT2D eigenvalue weighted by molar-refractivity contribution is 0.00621. The quantitative estimate of drug-likeness (QED) is 0.713. The van der Waals surface area contributed by atoms with Crippen LogP contribution in [0, 0.1) is 5.92 Å². The Morgan fingerprint density at radius 3 is 2.47 bits per heavy atom. The van der Waals surface area contributed by atoms with Gasteiger partial charge in [0.15, 0.2) is 0 Å². The highest BCUT2D eigenvalue weighted by Crippen LogP contribution is 2.28. The molecule has 1 atom stereocenters. The topological polar surface area (TPSA) is 17.3 Å². The van der Waals surface area contributed by atoms with Gasteiger partial charge in [-0.2, -0.15) is 5.43 Å². The van der Waals surface area contributed by atoms with Crippen LogP contribution in [0.4, 0.5) is 0 Å². The van der Waals surface area contributed by atoms with Crippen molar-refractivity contribution in [3.8, 4) is 0 Å². The molecule has 3 aliphatic rings. The second-order valence-corrected chi connectivity index (χ2v) is 4.66. The molecule has 15 heavy (non-hydrogen) atoms. The van der Waals surface area contributed by atoms with Gasteiger partial charge < -0.3 is 0 Å². The van der Waals surface area contributed by atoms with Crippen LogP contribution in [-0.2, 0) is 6.42 Å². The molecule has 0 spiro atoms. The minimum atomic E-state index is 0.551. The van der Waals surface area contributed by atoms with Crippen molar-refractivity contribution in [3.05, 3.63) is 35.9 Å². The number of benzene rings is 1. The number of hydrogen-bond acceptors (Lipinski definition) is 1. The van der Waals surface area contributed by atoms with Crippen LogP contribution in [0.1, 0.15) is 18.4 Å².